The van der Waals surface area contributed by atoms with Gasteiger partial charge in [-0.1, -0.05) is 0 Å². The number of carbonyl (C=O) groups excluding carboxylic acids is 1. The first kappa shape index (κ1) is 10.5. The lowest BCUT2D eigenvalue weighted by Gasteiger charge is -2.14. The molecule has 0 aliphatic rings. The summed E-state index contributed by atoms with van der Waals surface area (Å²) in [6, 6.07) is 1.58. The monoisotopic (exact) mass is 196 g/mol. The van der Waals surface area contributed by atoms with E-state index in [1.54, 1.807) is 6.07 Å². The Hall–Kier alpha value is -1.62. The molecular weight excluding hydrogens is 184 g/mol. The number of rotatable bonds is 3. The van der Waals surface area contributed by atoms with E-state index in [1.807, 2.05) is 0 Å². The van der Waals surface area contributed by atoms with Gasteiger partial charge in [0.1, 0.15) is 5.75 Å². The number of hydrogen-bond acceptors (Lipinski definition) is 4. The van der Waals surface area contributed by atoms with Crippen molar-refractivity contribution in [3.8, 4) is 5.75 Å². The molecular formula is C9H12N2O3. The van der Waals surface area contributed by atoms with Crippen LogP contribution < -0.4 is 4.74 Å². The van der Waals surface area contributed by atoms with E-state index in [2.05, 4.69) is 4.98 Å². The molecule has 0 fully saturated rings. The Balaban J connectivity index is 3.00. The second-order valence-electron chi connectivity index (χ2n) is 2.56. The second-order valence-corrected chi connectivity index (χ2v) is 2.56. The van der Waals surface area contributed by atoms with Crippen LogP contribution in [-0.2, 0) is 4.84 Å². The summed E-state index contributed by atoms with van der Waals surface area (Å²) in [5.74, 6) is 0.160. The van der Waals surface area contributed by atoms with Gasteiger partial charge < -0.3 is 4.74 Å². The normalized spacial score (nSPS) is 9.64. The van der Waals surface area contributed by atoms with Crippen LogP contribution >= 0.6 is 0 Å². The highest BCUT2D eigenvalue weighted by molar-refractivity contribution is 5.95. The molecule has 76 valence electrons. The van der Waals surface area contributed by atoms with Gasteiger partial charge in [0.05, 0.1) is 26.0 Å². The van der Waals surface area contributed by atoms with Crippen molar-refractivity contribution in [2.24, 2.45) is 0 Å². The van der Waals surface area contributed by atoms with Gasteiger partial charge in [-0.3, -0.25) is 14.6 Å². The summed E-state index contributed by atoms with van der Waals surface area (Å²) >= 11 is 0. The molecule has 0 spiro atoms. The minimum Gasteiger partial charge on any atom is -0.494 e. The standard InChI is InChI=1S/C9H12N2O3/c1-11(14-3)9(12)7-4-5-10-6-8(7)13-2/h4-6H,1-3H3. The summed E-state index contributed by atoms with van der Waals surface area (Å²) in [4.78, 5) is 20.3. The summed E-state index contributed by atoms with van der Waals surface area (Å²) < 4.78 is 5.00. The fourth-order valence-electron chi connectivity index (χ4n) is 0.972. The zero-order valence-corrected chi connectivity index (χ0v) is 8.35. The molecule has 14 heavy (non-hydrogen) atoms. The van der Waals surface area contributed by atoms with Crippen LogP contribution in [0.1, 0.15) is 10.4 Å². The van der Waals surface area contributed by atoms with Crippen LogP contribution in [0.3, 0.4) is 0 Å². The number of methoxy groups -OCH3 is 1. The Kier molecular flexibility index (Phi) is 3.41. The minimum atomic E-state index is -0.272. The largest absolute Gasteiger partial charge is 0.494 e. The van der Waals surface area contributed by atoms with Gasteiger partial charge in [-0.15, -0.1) is 0 Å². The van der Waals surface area contributed by atoms with Crippen LogP contribution in [0.2, 0.25) is 0 Å². The van der Waals surface area contributed by atoms with Gasteiger partial charge >= 0.3 is 0 Å². The molecule has 0 aliphatic carbocycles. The lowest BCUT2D eigenvalue weighted by Crippen LogP contribution is -2.25. The molecule has 0 bridgehead atoms. The van der Waals surface area contributed by atoms with Crippen molar-refractivity contribution < 1.29 is 14.4 Å². The fourth-order valence-corrected chi connectivity index (χ4v) is 0.972. The van der Waals surface area contributed by atoms with Gasteiger partial charge in [-0.2, -0.15) is 0 Å². The minimum absolute atomic E-state index is 0.272. The highest BCUT2D eigenvalue weighted by Crippen LogP contribution is 2.17. The summed E-state index contributed by atoms with van der Waals surface area (Å²) in [5.41, 5.74) is 0.423. The Bertz CT molecular complexity index is 328. The van der Waals surface area contributed by atoms with Gasteiger partial charge in [-0.25, -0.2) is 5.06 Å². The first-order chi connectivity index (χ1) is 6.70. The molecule has 0 aliphatic heterocycles. The van der Waals surface area contributed by atoms with Gasteiger partial charge in [-0.05, 0) is 6.07 Å². The van der Waals surface area contributed by atoms with Crippen LogP contribution in [0.25, 0.3) is 0 Å². The van der Waals surface area contributed by atoms with Crippen LogP contribution in [0.5, 0.6) is 5.75 Å². The molecule has 1 amide bonds. The van der Waals surface area contributed by atoms with Gasteiger partial charge in [0, 0.05) is 13.2 Å². The molecule has 1 rings (SSSR count). The van der Waals surface area contributed by atoms with E-state index < -0.39 is 0 Å². The zero-order chi connectivity index (χ0) is 10.6. The Labute approximate surface area is 82.2 Å². The number of amides is 1. The lowest BCUT2D eigenvalue weighted by atomic mass is 10.2. The van der Waals surface area contributed by atoms with E-state index in [-0.39, 0.29) is 5.91 Å². The molecule has 0 saturated carbocycles. The van der Waals surface area contributed by atoms with Crippen molar-refractivity contribution in [3.63, 3.8) is 0 Å². The van der Waals surface area contributed by atoms with Crippen LogP contribution in [0.15, 0.2) is 18.5 Å². The summed E-state index contributed by atoms with van der Waals surface area (Å²) in [7, 11) is 4.44. The maximum atomic E-state index is 11.6. The maximum absolute atomic E-state index is 11.6. The number of aromatic nitrogens is 1. The van der Waals surface area contributed by atoms with Crippen LogP contribution in [0, 0.1) is 0 Å². The van der Waals surface area contributed by atoms with E-state index in [9.17, 15) is 4.79 Å². The van der Waals surface area contributed by atoms with Crippen molar-refractivity contribution in [1.82, 2.24) is 10.0 Å². The van der Waals surface area contributed by atoms with Gasteiger partial charge in [0.15, 0.2) is 0 Å². The Morgan fingerprint density at radius 1 is 1.50 bits per heavy atom. The molecule has 5 nitrogen and oxygen atoms in total. The molecule has 0 atom stereocenters. The molecule has 0 aromatic carbocycles. The fraction of sp³-hybridized carbons (Fsp3) is 0.333. The molecule has 1 aromatic rings. The van der Waals surface area contributed by atoms with E-state index >= 15 is 0 Å². The van der Waals surface area contributed by atoms with Crippen molar-refractivity contribution >= 4 is 5.91 Å². The van der Waals surface area contributed by atoms with E-state index in [0.717, 1.165) is 5.06 Å². The highest BCUT2D eigenvalue weighted by atomic mass is 16.7. The quantitative estimate of drug-likeness (QED) is 0.668. The van der Waals surface area contributed by atoms with E-state index in [1.165, 1.54) is 33.7 Å². The molecule has 0 saturated heterocycles. The van der Waals surface area contributed by atoms with Crippen molar-refractivity contribution in [2.75, 3.05) is 21.3 Å². The van der Waals surface area contributed by atoms with Crippen molar-refractivity contribution in [1.29, 1.82) is 0 Å². The van der Waals surface area contributed by atoms with Crippen molar-refractivity contribution in [3.05, 3.63) is 24.0 Å². The number of hydroxylamine groups is 2. The molecule has 0 unspecified atom stereocenters. The molecule has 5 heteroatoms. The Morgan fingerprint density at radius 3 is 2.79 bits per heavy atom. The number of ether oxygens (including phenoxy) is 1. The zero-order valence-electron chi connectivity index (χ0n) is 8.35. The maximum Gasteiger partial charge on any atom is 0.281 e. The van der Waals surface area contributed by atoms with Gasteiger partial charge in [0.25, 0.3) is 5.91 Å². The second kappa shape index (κ2) is 4.57. The molecule has 1 aromatic heterocycles. The highest BCUT2D eigenvalue weighted by Gasteiger charge is 2.15. The first-order valence-electron chi connectivity index (χ1n) is 4.01. The average Bonchev–Trinajstić information content (AvgIpc) is 2.26. The van der Waals surface area contributed by atoms with E-state index in [0.29, 0.717) is 11.3 Å². The Morgan fingerprint density at radius 2 is 2.21 bits per heavy atom. The smallest absolute Gasteiger partial charge is 0.281 e. The third-order valence-corrected chi connectivity index (χ3v) is 1.79. The van der Waals surface area contributed by atoms with E-state index in [4.69, 9.17) is 9.57 Å². The number of hydrogen-bond donors (Lipinski definition) is 0. The molecule has 0 N–H and O–H groups in total. The number of nitrogens with zero attached hydrogens (tertiary/aromatic N) is 2. The first-order valence-corrected chi connectivity index (χ1v) is 4.01. The van der Waals surface area contributed by atoms with Crippen LogP contribution in [-0.4, -0.2) is 37.2 Å². The number of carbonyl (C=O) groups is 1. The van der Waals surface area contributed by atoms with Crippen molar-refractivity contribution in [2.45, 2.75) is 0 Å². The third-order valence-electron chi connectivity index (χ3n) is 1.79. The number of pyridine rings is 1. The molecule has 1 heterocycles. The summed E-state index contributed by atoms with van der Waals surface area (Å²) in [6.07, 6.45) is 3.01. The van der Waals surface area contributed by atoms with Crippen LogP contribution in [0.4, 0.5) is 0 Å². The topological polar surface area (TPSA) is 51.7 Å². The molecule has 0 radical (unpaired) electrons. The summed E-state index contributed by atoms with van der Waals surface area (Å²) in [6.45, 7) is 0. The van der Waals surface area contributed by atoms with Gasteiger partial charge in [0.2, 0.25) is 0 Å². The predicted molar refractivity (Wildman–Crippen MR) is 49.9 cm³/mol. The summed E-state index contributed by atoms with van der Waals surface area (Å²) in [5, 5.41) is 1.12. The average molecular weight is 196 g/mol. The predicted octanol–water partition coefficient (Wildman–Crippen LogP) is 0.724. The lowest BCUT2D eigenvalue weighted by molar-refractivity contribution is -0.0758. The SMILES string of the molecule is COc1cnccc1C(=O)N(C)OC. The third kappa shape index (κ3) is 2.00.